The zero-order valence-corrected chi connectivity index (χ0v) is 17.7. The van der Waals surface area contributed by atoms with E-state index < -0.39 is 0 Å². The van der Waals surface area contributed by atoms with Gasteiger partial charge in [0.1, 0.15) is 5.75 Å². The number of unbranched alkanes of at least 4 members (excludes halogenated alkanes) is 4. The molecule has 154 valence electrons. The summed E-state index contributed by atoms with van der Waals surface area (Å²) in [6.07, 6.45) is 9.68. The third kappa shape index (κ3) is 6.73. The highest BCUT2D eigenvalue weighted by Gasteiger charge is 2.04. The van der Waals surface area contributed by atoms with Crippen molar-refractivity contribution in [2.24, 2.45) is 0 Å². The highest BCUT2D eigenvalue weighted by atomic mass is 16.5. The lowest BCUT2D eigenvalue weighted by Crippen LogP contribution is -1.97. The molecule has 0 N–H and O–H groups in total. The fourth-order valence-electron chi connectivity index (χ4n) is 3.30. The van der Waals surface area contributed by atoms with Crippen LogP contribution in [0.3, 0.4) is 0 Å². The Morgan fingerprint density at radius 1 is 0.767 bits per heavy atom. The molecule has 3 aromatic rings. The highest BCUT2D eigenvalue weighted by Crippen LogP contribution is 2.23. The van der Waals surface area contributed by atoms with E-state index in [0.717, 1.165) is 35.5 Å². The standard InChI is InChI=1S/C28H30O2/c1-2-3-4-5-9-22-30-27-19-17-25(18-20-27)24-13-15-26(16-14-24)28(29)21-12-23-10-7-6-8-11-23/h6-8,10-21H,2-5,9,22H2,1H3/b21-12+. The minimum absolute atomic E-state index is 0.00749. The van der Waals surface area contributed by atoms with E-state index >= 15 is 0 Å². The first-order chi connectivity index (χ1) is 14.8. The van der Waals surface area contributed by atoms with Crippen molar-refractivity contribution < 1.29 is 9.53 Å². The number of hydrogen-bond donors (Lipinski definition) is 0. The Morgan fingerprint density at radius 2 is 1.40 bits per heavy atom. The summed E-state index contributed by atoms with van der Waals surface area (Å²) in [5, 5.41) is 0. The van der Waals surface area contributed by atoms with Crippen LogP contribution in [0.4, 0.5) is 0 Å². The Morgan fingerprint density at radius 3 is 2.07 bits per heavy atom. The van der Waals surface area contributed by atoms with Crippen molar-refractivity contribution in [2.75, 3.05) is 6.61 Å². The number of ketones is 1. The monoisotopic (exact) mass is 398 g/mol. The van der Waals surface area contributed by atoms with Crippen LogP contribution >= 0.6 is 0 Å². The molecule has 0 spiro atoms. The second kappa shape index (κ2) is 11.8. The van der Waals surface area contributed by atoms with Crippen LogP contribution in [0.5, 0.6) is 5.75 Å². The average molecular weight is 399 g/mol. The zero-order chi connectivity index (χ0) is 21.0. The molecular formula is C28H30O2. The van der Waals surface area contributed by atoms with Gasteiger partial charge in [0, 0.05) is 5.56 Å². The maximum absolute atomic E-state index is 12.4. The minimum atomic E-state index is 0.00749. The maximum Gasteiger partial charge on any atom is 0.185 e. The number of hydrogen-bond acceptors (Lipinski definition) is 2. The minimum Gasteiger partial charge on any atom is -0.494 e. The van der Waals surface area contributed by atoms with Crippen LogP contribution in [0.1, 0.15) is 54.9 Å². The van der Waals surface area contributed by atoms with Crippen LogP contribution in [-0.4, -0.2) is 12.4 Å². The lowest BCUT2D eigenvalue weighted by Gasteiger charge is -2.08. The van der Waals surface area contributed by atoms with Crippen LogP contribution in [0, 0.1) is 0 Å². The first-order valence-corrected chi connectivity index (χ1v) is 10.9. The van der Waals surface area contributed by atoms with Gasteiger partial charge in [0.15, 0.2) is 5.78 Å². The molecule has 2 heteroatoms. The first-order valence-electron chi connectivity index (χ1n) is 10.9. The molecule has 0 amide bonds. The second-order valence-corrected chi connectivity index (χ2v) is 7.47. The number of allylic oxidation sites excluding steroid dienone is 1. The molecule has 0 saturated carbocycles. The quantitative estimate of drug-likeness (QED) is 0.189. The Bertz CT molecular complexity index is 923. The van der Waals surface area contributed by atoms with Crippen LogP contribution < -0.4 is 4.74 Å². The average Bonchev–Trinajstić information content (AvgIpc) is 2.81. The second-order valence-electron chi connectivity index (χ2n) is 7.47. The van der Waals surface area contributed by atoms with Crippen molar-refractivity contribution in [3.05, 3.63) is 96.1 Å². The van der Waals surface area contributed by atoms with Gasteiger partial charge in [0.25, 0.3) is 0 Å². The van der Waals surface area contributed by atoms with Crippen molar-refractivity contribution in [1.82, 2.24) is 0 Å². The molecule has 3 aromatic carbocycles. The normalized spacial score (nSPS) is 11.0. The number of benzene rings is 3. The van der Waals surface area contributed by atoms with E-state index in [1.807, 2.05) is 72.8 Å². The Kier molecular flexibility index (Phi) is 8.47. The van der Waals surface area contributed by atoms with Crippen LogP contribution in [0.15, 0.2) is 84.9 Å². The Hall–Kier alpha value is -3.13. The third-order valence-electron chi connectivity index (χ3n) is 5.10. The van der Waals surface area contributed by atoms with E-state index in [4.69, 9.17) is 4.74 Å². The molecule has 0 fully saturated rings. The van der Waals surface area contributed by atoms with Gasteiger partial charge < -0.3 is 4.74 Å². The van der Waals surface area contributed by atoms with Gasteiger partial charge in [-0.3, -0.25) is 4.79 Å². The van der Waals surface area contributed by atoms with E-state index in [1.165, 1.54) is 25.7 Å². The summed E-state index contributed by atoms with van der Waals surface area (Å²) < 4.78 is 5.84. The first kappa shape index (κ1) is 21.6. The van der Waals surface area contributed by atoms with Gasteiger partial charge in [-0.2, -0.15) is 0 Å². The molecule has 0 atom stereocenters. The van der Waals surface area contributed by atoms with Gasteiger partial charge in [-0.05, 0) is 41.3 Å². The number of carbonyl (C=O) groups is 1. The predicted molar refractivity (Wildman–Crippen MR) is 126 cm³/mol. The van der Waals surface area contributed by atoms with E-state index in [0.29, 0.717) is 5.56 Å². The van der Waals surface area contributed by atoms with E-state index in [-0.39, 0.29) is 5.78 Å². The summed E-state index contributed by atoms with van der Waals surface area (Å²) in [5.74, 6) is 0.917. The lowest BCUT2D eigenvalue weighted by molar-refractivity contribution is 0.104. The fraction of sp³-hybridized carbons (Fsp3) is 0.250. The van der Waals surface area contributed by atoms with Gasteiger partial charge in [0.2, 0.25) is 0 Å². The molecule has 0 aliphatic carbocycles. The summed E-state index contributed by atoms with van der Waals surface area (Å²) in [4.78, 5) is 12.4. The predicted octanol–water partition coefficient (Wildman–Crippen LogP) is 7.60. The number of rotatable bonds is 11. The van der Waals surface area contributed by atoms with Gasteiger partial charge in [-0.15, -0.1) is 0 Å². The molecule has 0 unspecified atom stereocenters. The van der Waals surface area contributed by atoms with E-state index in [2.05, 4.69) is 19.1 Å². The van der Waals surface area contributed by atoms with Crippen LogP contribution in [0.25, 0.3) is 17.2 Å². The molecule has 30 heavy (non-hydrogen) atoms. The van der Waals surface area contributed by atoms with Crippen LogP contribution in [-0.2, 0) is 0 Å². The summed E-state index contributed by atoms with van der Waals surface area (Å²) in [5.41, 5.74) is 3.91. The maximum atomic E-state index is 12.4. The fourth-order valence-corrected chi connectivity index (χ4v) is 3.30. The van der Waals surface area contributed by atoms with Gasteiger partial charge >= 0.3 is 0 Å². The molecule has 0 aromatic heterocycles. The largest absolute Gasteiger partial charge is 0.494 e. The summed E-state index contributed by atoms with van der Waals surface area (Å²) in [7, 11) is 0. The molecule has 3 rings (SSSR count). The molecule has 0 radical (unpaired) electrons. The van der Waals surface area contributed by atoms with Crippen molar-refractivity contribution >= 4 is 11.9 Å². The van der Waals surface area contributed by atoms with Crippen LogP contribution in [0.2, 0.25) is 0 Å². The highest BCUT2D eigenvalue weighted by molar-refractivity contribution is 6.07. The summed E-state index contributed by atoms with van der Waals surface area (Å²) in [6.45, 7) is 3.00. The van der Waals surface area contributed by atoms with Crippen molar-refractivity contribution in [3.63, 3.8) is 0 Å². The molecule has 0 aliphatic heterocycles. The van der Waals surface area contributed by atoms with Crippen molar-refractivity contribution in [1.29, 1.82) is 0 Å². The smallest absolute Gasteiger partial charge is 0.185 e. The SMILES string of the molecule is CCCCCCCOc1ccc(-c2ccc(C(=O)/C=C/c3ccccc3)cc2)cc1. The topological polar surface area (TPSA) is 26.3 Å². The lowest BCUT2D eigenvalue weighted by atomic mass is 10.0. The van der Waals surface area contributed by atoms with E-state index in [9.17, 15) is 4.79 Å². The number of ether oxygens (including phenoxy) is 1. The Balaban J connectivity index is 1.53. The third-order valence-corrected chi connectivity index (χ3v) is 5.10. The van der Waals surface area contributed by atoms with E-state index in [1.54, 1.807) is 6.08 Å². The zero-order valence-electron chi connectivity index (χ0n) is 17.7. The van der Waals surface area contributed by atoms with Gasteiger partial charge in [0.05, 0.1) is 6.61 Å². The van der Waals surface area contributed by atoms with Gasteiger partial charge in [-0.1, -0.05) is 105 Å². The summed E-state index contributed by atoms with van der Waals surface area (Å²) >= 11 is 0. The molecule has 0 saturated heterocycles. The molecule has 0 heterocycles. The Labute approximate surface area is 180 Å². The van der Waals surface area contributed by atoms with Crippen molar-refractivity contribution in [3.8, 4) is 16.9 Å². The molecular weight excluding hydrogens is 368 g/mol. The molecule has 0 bridgehead atoms. The van der Waals surface area contributed by atoms with Crippen molar-refractivity contribution in [2.45, 2.75) is 39.0 Å². The molecule has 0 aliphatic rings. The molecule has 2 nitrogen and oxygen atoms in total. The van der Waals surface area contributed by atoms with Gasteiger partial charge in [-0.25, -0.2) is 0 Å². The summed E-state index contributed by atoms with van der Waals surface area (Å²) in [6, 6.07) is 25.8. The number of carbonyl (C=O) groups excluding carboxylic acids is 1.